The number of anilines is 1. The maximum atomic E-state index is 12.5. The molecule has 0 radical (unpaired) electrons. The Morgan fingerprint density at radius 2 is 1.92 bits per heavy atom. The fourth-order valence-electron chi connectivity index (χ4n) is 3.25. The number of hydrogen-bond acceptors (Lipinski definition) is 3. The van der Waals surface area contributed by atoms with Crippen LogP contribution in [0.4, 0.5) is 5.69 Å². The van der Waals surface area contributed by atoms with Crippen LogP contribution in [0.5, 0.6) is 0 Å². The van der Waals surface area contributed by atoms with Gasteiger partial charge in [-0.15, -0.1) is 0 Å². The Morgan fingerprint density at radius 3 is 2.71 bits per heavy atom. The minimum absolute atomic E-state index is 0.177. The number of aromatic nitrogens is 2. The molecule has 1 aliphatic heterocycles. The summed E-state index contributed by atoms with van der Waals surface area (Å²) in [6.45, 7) is 2.72. The first-order valence-corrected chi connectivity index (χ1v) is 8.19. The van der Waals surface area contributed by atoms with Crippen molar-refractivity contribution in [2.24, 2.45) is 7.05 Å². The van der Waals surface area contributed by atoms with E-state index in [2.05, 4.69) is 40.3 Å². The fourth-order valence-corrected chi connectivity index (χ4v) is 3.25. The second-order valence-corrected chi connectivity index (χ2v) is 6.23. The molecule has 1 aliphatic rings. The van der Waals surface area contributed by atoms with E-state index in [1.807, 2.05) is 41.0 Å². The molecule has 5 heteroatoms. The van der Waals surface area contributed by atoms with Crippen LogP contribution < -0.4 is 4.90 Å². The number of carbonyl (C=O) groups is 1. The topological polar surface area (TPSA) is 41.4 Å². The zero-order valence-electron chi connectivity index (χ0n) is 13.7. The van der Waals surface area contributed by atoms with E-state index in [0.29, 0.717) is 13.1 Å². The summed E-state index contributed by atoms with van der Waals surface area (Å²) in [5.41, 5.74) is 3.37. The third-order valence-corrected chi connectivity index (χ3v) is 4.63. The van der Waals surface area contributed by atoms with Crippen molar-refractivity contribution in [3.63, 3.8) is 0 Å². The quantitative estimate of drug-likeness (QED) is 0.744. The summed E-state index contributed by atoms with van der Waals surface area (Å²) in [6, 6.07) is 16.4. The molecule has 3 aromatic rings. The van der Waals surface area contributed by atoms with Gasteiger partial charge in [-0.05, 0) is 23.8 Å². The Bertz CT molecular complexity index is 871. The van der Waals surface area contributed by atoms with Crippen LogP contribution in [0.3, 0.4) is 0 Å². The number of rotatable bonds is 3. The molecule has 1 amide bonds. The van der Waals surface area contributed by atoms with E-state index in [0.717, 1.165) is 29.7 Å². The van der Waals surface area contributed by atoms with Gasteiger partial charge in [-0.25, -0.2) is 0 Å². The Hall–Kier alpha value is -2.82. The van der Waals surface area contributed by atoms with E-state index < -0.39 is 0 Å². The standard InChI is InChI=1S/C19H20N4O/c1-21-18-8-7-17(11-16(18)12-20-21)22-9-10-23(19(24)14-22)13-15-5-3-2-4-6-15/h2-8,11-12H,9-10,13-14H2,1H3. The van der Waals surface area contributed by atoms with Gasteiger partial charge in [0.25, 0.3) is 0 Å². The van der Waals surface area contributed by atoms with E-state index in [9.17, 15) is 4.79 Å². The highest BCUT2D eigenvalue weighted by molar-refractivity contribution is 5.86. The molecule has 0 atom stereocenters. The molecule has 24 heavy (non-hydrogen) atoms. The van der Waals surface area contributed by atoms with Gasteiger partial charge >= 0.3 is 0 Å². The van der Waals surface area contributed by atoms with E-state index in [1.54, 1.807) is 0 Å². The van der Waals surface area contributed by atoms with Crippen LogP contribution in [0.15, 0.2) is 54.7 Å². The van der Waals surface area contributed by atoms with Crippen molar-refractivity contribution >= 4 is 22.5 Å². The van der Waals surface area contributed by atoms with Gasteiger partial charge in [0.05, 0.1) is 18.3 Å². The summed E-state index contributed by atoms with van der Waals surface area (Å²) in [6.07, 6.45) is 1.87. The minimum atomic E-state index is 0.177. The molecular weight excluding hydrogens is 300 g/mol. The molecular formula is C19H20N4O. The summed E-state index contributed by atoms with van der Waals surface area (Å²) in [5, 5.41) is 5.38. The molecule has 1 saturated heterocycles. The lowest BCUT2D eigenvalue weighted by Crippen LogP contribution is -2.50. The predicted octanol–water partition coefficient (Wildman–Crippen LogP) is 2.42. The highest BCUT2D eigenvalue weighted by Gasteiger charge is 2.24. The Labute approximate surface area is 141 Å². The second-order valence-electron chi connectivity index (χ2n) is 6.23. The second kappa shape index (κ2) is 6.00. The Morgan fingerprint density at radius 1 is 1.08 bits per heavy atom. The highest BCUT2D eigenvalue weighted by atomic mass is 16.2. The Balaban J connectivity index is 1.48. The van der Waals surface area contributed by atoms with Crippen molar-refractivity contribution in [1.29, 1.82) is 0 Å². The maximum Gasteiger partial charge on any atom is 0.242 e. The van der Waals surface area contributed by atoms with E-state index in [4.69, 9.17) is 0 Å². The molecule has 0 bridgehead atoms. The molecule has 2 aromatic carbocycles. The van der Waals surface area contributed by atoms with Crippen molar-refractivity contribution in [3.8, 4) is 0 Å². The number of piperazine rings is 1. The first-order valence-electron chi connectivity index (χ1n) is 8.19. The predicted molar refractivity (Wildman–Crippen MR) is 94.8 cm³/mol. The minimum Gasteiger partial charge on any atom is -0.360 e. The number of amides is 1. The number of benzene rings is 2. The van der Waals surface area contributed by atoms with Gasteiger partial charge in [0.1, 0.15) is 0 Å². The molecule has 2 heterocycles. The van der Waals surface area contributed by atoms with Crippen LogP contribution in [0.1, 0.15) is 5.56 Å². The largest absolute Gasteiger partial charge is 0.360 e. The summed E-state index contributed by atoms with van der Waals surface area (Å²) >= 11 is 0. The lowest BCUT2D eigenvalue weighted by atomic mass is 10.1. The summed E-state index contributed by atoms with van der Waals surface area (Å²) in [7, 11) is 1.94. The monoisotopic (exact) mass is 320 g/mol. The molecule has 0 aliphatic carbocycles. The van der Waals surface area contributed by atoms with Gasteiger partial charge in [-0.2, -0.15) is 5.10 Å². The van der Waals surface area contributed by atoms with E-state index >= 15 is 0 Å². The van der Waals surface area contributed by atoms with Crippen molar-refractivity contribution in [3.05, 3.63) is 60.3 Å². The van der Waals surface area contributed by atoms with Crippen LogP contribution in [0.2, 0.25) is 0 Å². The molecule has 0 saturated carbocycles. The average molecular weight is 320 g/mol. The van der Waals surface area contributed by atoms with Crippen molar-refractivity contribution in [2.45, 2.75) is 6.54 Å². The molecule has 1 fully saturated rings. The highest BCUT2D eigenvalue weighted by Crippen LogP contribution is 2.23. The summed E-state index contributed by atoms with van der Waals surface area (Å²) in [4.78, 5) is 16.6. The van der Waals surface area contributed by atoms with Gasteiger partial charge in [-0.3, -0.25) is 9.48 Å². The number of hydrogen-bond donors (Lipinski definition) is 0. The van der Waals surface area contributed by atoms with E-state index in [-0.39, 0.29) is 5.91 Å². The zero-order chi connectivity index (χ0) is 16.5. The summed E-state index contributed by atoms with van der Waals surface area (Å²) in [5.74, 6) is 0.177. The van der Waals surface area contributed by atoms with Crippen molar-refractivity contribution in [1.82, 2.24) is 14.7 Å². The van der Waals surface area contributed by atoms with Crippen LogP contribution in [0, 0.1) is 0 Å². The lowest BCUT2D eigenvalue weighted by Gasteiger charge is -2.35. The van der Waals surface area contributed by atoms with Crippen molar-refractivity contribution < 1.29 is 4.79 Å². The van der Waals surface area contributed by atoms with Gasteiger partial charge in [-0.1, -0.05) is 30.3 Å². The van der Waals surface area contributed by atoms with Crippen LogP contribution >= 0.6 is 0 Å². The Kier molecular flexibility index (Phi) is 3.69. The molecule has 5 nitrogen and oxygen atoms in total. The normalized spacial score (nSPS) is 15.3. The number of carbonyl (C=O) groups excluding carboxylic acids is 1. The summed E-state index contributed by atoms with van der Waals surface area (Å²) < 4.78 is 1.86. The van der Waals surface area contributed by atoms with Gasteiger partial charge in [0.2, 0.25) is 5.91 Å². The molecule has 4 rings (SSSR count). The third kappa shape index (κ3) is 2.73. The van der Waals surface area contributed by atoms with Crippen LogP contribution in [-0.2, 0) is 18.4 Å². The first kappa shape index (κ1) is 14.8. The molecule has 122 valence electrons. The SMILES string of the molecule is Cn1ncc2cc(N3CCN(Cc4ccccc4)C(=O)C3)ccc21. The smallest absolute Gasteiger partial charge is 0.242 e. The van der Waals surface area contributed by atoms with Crippen LogP contribution in [0.25, 0.3) is 10.9 Å². The first-order chi connectivity index (χ1) is 11.7. The average Bonchev–Trinajstić information content (AvgIpc) is 2.98. The van der Waals surface area contributed by atoms with Gasteiger partial charge < -0.3 is 9.80 Å². The van der Waals surface area contributed by atoms with Gasteiger partial charge in [0, 0.05) is 37.8 Å². The van der Waals surface area contributed by atoms with E-state index in [1.165, 1.54) is 5.56 Å². The molecule has 0 unspecified atom stereocenters. The molecule has 0 N–H and O–H groups in total. The number of fused-ring (bicyclic) bond motifs is 1. The van der Waals surface area contributed by atoms with Crippen molar-refractivity contribution in [2.75, 3.05) is 24.5 Å². The lowest BCUT2D eigenvalue weighted by molar-refractivity contribution is -0.131. The third-order valence-electron chi connectivity index (χ3n) is 4.63. The molecule has 1 aromatic heterocycles. The molecule has 0 spiro atoms. The number of nitrogens with zero attached hydrogens (tertiary/aromatic N) is 4. The maximum absolute atomic E-state index is 12.5. The van der Waals surface area contributed by atoms with Crippen LogP contribution in [-0.4, -0.2) is 40.2 Å². The fraction of sp³-hybridized carbons (Fsp3) is 0.263. The zero-order valence-corrected chi connectivity index (χ0v) is 13.7. The number of aryl methyl sites for hydroxylation is 1. The van der Waals surface area contributed by atoms with Gasteiger partial charge in [0.15, 0.2) is 0 Å².